The molecule has 22 heavy (non-hydrogen) atoms. The van der Waals surface area contributed by atoms with Crippen molar-refractivity contribution in [2.45, 2.75) is 32.6 Å². The number of hydrogen-bond acceptors (Lipinski definition) is 4. The average molecular weight is 345 g/mol. The maximum Gasteiger partial charge on any atom is 0.336 e. The second-order valence-electron chi connectivity index (χ2n) is 4.59. The van der Waals surface area contributed by atoms with Gasteiger partial charge in [0, 0.05) is 22.2 Å². The van der Waals surface area contributed by atoms with Crippen LogP contribution in [0.25, 0.3) is 0 Å². The lowest BCUT2D eigenvalue weighted by atomic mass is 10.2. The molecule has 0 aliphatic heterocycles. The van der Waals surface area contributed by atoms with Gasteiger partial charge in [-0.2, -0.15) is 0 Å². The van der Waals surface area contributed by atoms with Crippen molar-refractivity contribution in [1.29, 1.82) is 0 Å². The molecule has 0 saturated heterocycles. The maximum atomic E-state index is 11.6. The van der Waals surface area contributed by atoms with Crippen molar-refractivity contribution in [1.82, 2.24) is 0 Å². The van der Waals surface area contributed by atoms with E-state index in [1.54, 1.807) is 0 Å². The molecule has 1 rings (SSSR count). The molecule has 0 aromatic heterocycles. The zero-order valence-corrected chi connectivity index (χ0v) is 13.8. The molecular weight excluding hydrogens is 327 g/mol. The molecule has 0 unspecified atom stereocenters. The third-order valence-electron chi connectivity index (χ3n) is 2.65. The van der Waals surface area contributed by atoms with Crippen molar-refractivity contribution in [3.63, 3.8) is 0 Å². The van der Waals surface area contributed by atoms with Gasteiger partial charge in [0.1, 0.15) is 5.75 Å². The van der Waals surface area contributed by atoms with Crippen LogP contribution in [0.4, 0.5) is 0 Å². The fourth-order valence-electron chi connectivity index (χ4n) is 1.62. The first kappa shape index (κ1) is 18.5. The lowest BCUT2D eigenvalue weighted by Crippen LogP contribution is -2.07. The topological polar surface area (TPSA) is 52.6 Å². The Labute approximate surface area is 140 Å². The van der Waals surface area contributed by atoms with Gasteiger partial charge < -0.3 is 9.47 Å². The minimum absolute atomic E-state index is 0.208. The van der Waals surface area contributed by atoms with E-state index in [2.05, 4.69) is 6.92 Å². The fraction of sp³-hybridized carbons (Fsp3) is 0.375. The van der Waals surface area contributed by atoms with Crippen LogP contribution in [0.1, 0.15) is 32.6 Å². The number of halogens is 2. The van der Waals surface area contributed by atoms with E-state index in [0.717, 1.165) is 37.8 Å². The van der Waals surface area contributed by atoms with Gasteiger partial charge in [-0.3, -0.25) is 0 Å². The highest BCUT2D eigenvalue weighted by molar-refractivity contribution is 6.34. The van der Waals surface area contributed by atoms with Crippen LogP contribution >= 0.6 is 23.2 Å². The summed E-state index contributed by atoms with van der Waals surface area (Å²) in [7, 11) is 0. The van der Waals surface area contributed by atoms with E-state index in [1.165, 1.54) is 18.2 Å². The number of rotatable bonds is 8. The number of esters is 2. The fourth-order valence-corrected chi connectivity index (χ4v) is 2.13. The van der Waals surface area contributed by atoms with Gasteiger partial charge in [0.05, 0.1) is 6.61 Å². The van der Waals surface area contributed by atoms with E-state index >= 15 is 0 Å². The molecule has 120 valence electrons. The maximum absolute atomic E-state index is 11.6. The number of hydrogen-bond donors (Lipinski definition) is 0. The lowest BCUT2D eigenvalue weighted by molar-refractivity contribution is -0.138. The molecule has 4 nitrogen and oxygen atoms in total. The van der Waals surface area contributed by atoms with E-state index in [-0.39, 0.29) is 5.75 Å². The highest BCUT2D eigenvalue weighted by Gasteiger charge is 2.05. The number of carbonyl (C=O) groups excluding carboxylic acids is 2. The third-order valence-corrected chi connectivity index (χ3v) is 3.09. The van der Waals surface area contributed by atoms with E-state index in [9.17, 15) is 9.59 Å². The first-order valence-corrected chi connectivity index (χ1v) is 7.79. The van der Waals surface area contributed by atoms with Gasteiger partial charge in [0.25, 0.3) is 0 Å². The average Bonchev–Trinajstić information content (AvgIpc) is 2.44. The van der Waals surface area contributed by atoms with E-state index in [1.807, 2.05) is 0 Å². The van der Waals surface area contributed by atoms with Crippen LogP contribution in [0.2, 0.25) is 10.0 Å². The summed E-state index contributed by atoms with van der Waals surface area (Å²) in [5.74, 6) is -1.07. The molecule has 0 N–H and O–H groups in total. The van der Waals surface area contributed by atoms with Gasteiger partial charge in [-0.15, -0.1) is 0 Å². The van der Waals surface area contributed by atoms with Gasteiger partial charge >= 0.3 is 11.9 Å². The molecule has 0 radical (unpaired) electrons. The summed E-state index contributed by atoms with van der Waals surface area (Å²) in [6.07, 6.45) is 6.11. The Kier molecular flexibility index (Phi) is 8.63. The molecule has 0 saturated carbocycles. The van der Waals surface area contributed by atoms with Crippen LogP contribution in [0.15, 0.2) is 30.4 Å². The highest BCUT2D eigenvalue weighted by atomic mass is 35.5. The summed E-state index contributed by atoms with van der Waals surface area (Å²) >= 11 is 11.6. The summed E-state index contributed by atoms with van der Waals surface area (Å²) < 4.78 is 9.93. The molecular formula is C16H18Cl2O4. The Morgan fingerprint density at radius 3 is 2.27 bits per heavy atom. The number of carbonyl (C=O) groups is 2. The first-order valence-electron chi connectivity index (χ1n) is 7.04. The van der Waals surface area contributed by atoms with Crippen molar-refractivity contribution in [3.8, 4) is 5.75 Å². The van der Waals surface area contributed by atoms with Crippen LogP contribution in [-0.4, -0.2) is 18.5 Å². The summed E-state index contributed by atoms with van der Waals surface area (Å²) in [5.41, 5.74) is 0. The Morgan fingerprint density at radius 2 is 1.64 bits per heavy atom. The molecule has 1 aromatic carbocycles. The molecule has 0 fully saturated rings. The van der Waals surface area contributed by atoms with Gasteiger partial charge in [0.2, 0.25) is 0 Å². The second-order valence-corrected chi connectivity index (χ2v) is 5.46. The van der Waals surface area contributed by atoms with Crippen molar-refractivity contribution in [2.24, 2.45) is 0 Å². The zero-order valence-electron chi connectivity index (χ0n) is 12.3. The third kappa shape index (κ3) is 8.05. The predicted octanol–water partition coefficient (Wildman–Crippen LogP) is 4.58. The van der Waals surface area contributed by atoms with Gasteiger partial charge in [-0.1, -0.05) is 49.4 Å². The summed E-state index contributed by atoms with van der Waals surface area (Å²) in [6.45, 7) is 2.45. The SMILES string of the molecule is CCCCCCOC(=O)/C=C/C(=O)Oc1cc(Cl)cc(Cl)c1. The Hall–Kier alpha value is -1.52. The molecule has 0 amide bonds. The molecule has 0 bridgehead atoms. The van der Waals surface area contributed by atoms with Crippen LogP contribution in [0.3, 0.4) is 0 Å². The van der Waals surface area contributed by atoms with Gasteiger partial charge in [-0.05, 0) is 24.6 Å². The summed E-state index contributed by atoms with van der Waals surface area (Å²) in [4.78, 5) is 22.9. The van der Waals surface area contributed by atoms with E-state index in [4.69, 9.17) is 32.7 Å². The molecule has 6 heteroatoms. The molecule has 0 atom stereocenters. The van der Waals surface area contributed by atoms with Crippen molar-refractivity contribution in [2.75, 3.05) is 6.61 Å². The normalized spacial score (nSPS) is 10.7. The zero-order chi connectivity index (χ0) is 16.4. The predicted molar refractivity (Wildman–Crippen MR) is 86.3 cm³/mol. The van der Waals surface area contributed by atoms with Crippen LogP contribution in [0, 0.1) is 0 Å². The molecule has 0 aliphatic rings. The minimum Gasteiger partial charge on any atom is -0.463 e. The van der Waals surface area contributed by atoms with Crippen molar-refractivity contribution < 1.29 is 19.1 Å². The van der Waals surface area contributed by atoms with Crippen molar-refractivity contribution in [3.05, 3.63) is 40.4 Å². The molecule has 0 heterocycles. The van der Waals surface area contributed by atoms with Gasteiger partial charge in [-0.25, -0.2) is 9.59 Å². The van der Waals surface area contributed by atoms with Crippen LogP contribution in [0.5, 0.6) is 5.75 Å². The van der Waals surface area contributed by atoms with E-state index in [0.29, 0.717) is 16.7 Å². The quantitative estimate of drug-likeness (QED) is 0.300. The second kappa shape index (κ2) is 10.2. The summed E-state index contributed by atoms with van der Waals surface area (Å²) in [6, 6.07) is 4.42. The van der Waals surface area contributed by atoms with Crippen molar-refractivity contribution >= 4 is 35.1 Å². The minimum atomic E-state index is -0.707. The van der Waals surface area contributed by atoms with E-state index < -0.39 is 11.9 Å². The number of ether oxygens (including phenoxy) is 2. The monoisotopic (exact) mass is 344 g/mol. The number of unbranched alkanes of at least 4 members (excludes halogenated alkanes) is 3. The molecule has 0 aliphatic carbocycles. The lowest BCUT2D eigenvalue weighted by Gasteiger charge is -2.03. The van der Waals surface area contributed by atoms with Crippen LogP contribution < -0.4 is 4.74 Å². The Bertz CT molecular complexity index is 521. The number of benzene rings is 1. The highest BCUT2D eigenvalue weighted by Crippen LogP contribution is 2.24. The molecule has 0 spiro atoms. The standard InChI is InChI=1S/C16H18Cl2O4/c1-2-3-4-5-8-21-15(19)6-7-16(20)22-14-10-12(17)9-13(18)11-14/h6-7,9-11H,2-5,8H2,1H3/b7-6+. The summed E-state index contributed by atoms with van der Waals surface area (Å²) in [5, 5.41) is 0.705. The molecule has 1 aromatic rings. The van der Waals surface area contributed by atoms with Gasteiger partial charge in [0.15, 0.2) is 0 Å². The van der Waals surface area contributed by atoms with Crippen LogP contribution in [-0.2, 0) is 14.3 Å². The smallest absolute Gasteiger partial charge is 0.336 e. The Balaban J connectivity index is 2.35. The largest absolute Gasteiger partial charge is 0.463 e. The first-order chi connectivity index (χ1) is 10.5. The Morgan fingerprint density at radius 1 is 1.00 bits per heavy atom.